The summed E-state index contributed by atoms with van der Waals surface area (Å²) in [4.78, 5) is 55.2. The number of carbonyl (C=O) groups excluding carboxylic acids is 5. The number of carbonyl (C=O) groups is 5. The third kappa shape index (κ3) is 28.3. The van der Waals surface area contributed by atoms with E-state index in [2.05, 4.69) is 44.2 Å². The molecule has 0 aromatic heterocycles. The standard InChI is InChI=1S/C14H14O4.C12H18O4.C4H6O2.C3H6/c1-3-9-17-13(15)11-7-5-6-8-12(11)14(16)18-10-4-2;1-3-9-15-11(13)7-5-6-8-12(14)16-10-4-2;1-3-6-4(2)5;1-3-2/h3-8H,1-2,9-10H2;3-4H,1-2,5-10H2;3H,1H2,2H3;3H,1H2,2H3. The first-order chi connectivity index (χ1) is 20.6. The van der Waals surface area contributed by atoms with Crippen LogP contribution in [0.25, 0.3) is 0 Å². The van der Waals surface area contributed by atoms with Crippen molar-refractivity contribution in [1.29, 1.82) is 0 Å². The van der Waals surface area contributed by atoms with Gasteiger partial charge in [0.05, 0.1) is 17.4 Å². The molecule has 0 radical (unpaired) electrons. The summed E-state index contributed by atoms with van der Waals surface area (Å²) >= 11 is 0. The number of allylic oxidation sites excluding steroid dienone is 1. The van der Waals surface area contributed by atoms with Gasteiger partial charge in [-0.15, -0.1) is 6.58 Å². The molecule has 0 aliphatic carbocycles. The number of rotatable bonds is 16. The Balaban J connectivity index is -0.000000584. The lowest BCUT2D eigenvalue weighted by Gasteiger charge is -2.07. The second kappa shape index (κ2) is 31.5. The molecule has 0 fully saturated rings. The average Bonchev–Trinajstić information content (AvgIpc) is 2.99. The molecule has 1 aromatic carbocycles. The van der Waals surface area contributed by atoms with Gasteiger partial charge in [-0.2, -0.15) is 0 Å². The molecule has 0 unspecified atom stereocenters. The third-order valence-corrected chi connectivity index (χ3v) is 4.02. The molecule has 0 atom stereocenters. The molecule has 0 N–H and O–H groups in total. The van der Waals surface area contributed by atoms with E-state index in [1.807, 2.05) is 6.92 Å². The molecule has 0 aliphatic heterocycles. The Labute approximate surface area is 255 Å². The summed E-state index contributed by atoms with van der Waals surface area (Å²) in [5.74, 6) is -2.02. The van der Waals surface area contributed by atoms with Crippen LogP contribution in [0.5, 0.6) is 0 Å². The van der Waals surface area contributed by atoms with Crippen molar-refractivity contribution in [2.45, 2.75) is 39.5 Å². The molecule has 43 heavy (non-hydrogen) atoms. The molecular formula is C33H44O10. The van der Waals surface area contributed by atoms with Gasteiger partial charge in [-0.05, 0) is 31.9 Å². The monoisotopic (exact) mass is 600 g/mol. The van der Waals surface area contributed by atoms with Crippen LogP contribution < -0.4 is 0 Å². The fourth-order valence-electron chi connectivity index (χ4n) is 2.37. The van der Waals surface area contributed by atoms with Crippen LogP contribution in [-0.4, -0.2) is 56.3 Å². The van der Waals surface area contributed by atoms with Crippen molar-refractivity contribution in [2.24, 2.45) is 0 Å². The van der Waals surface area contributed by atoms with E-state index < -0.39 is 11.9 Å². The van der Waals surface area contributed by atoms with Gasteiger partial charge < -0.3 is 23.7 Å². The zero-order valence-corrected chi connectivity index (χ0v) is 25.3. The molecule has 1 rings (SSSR count). The third-order valence-electron chi connectivity index (χ3n) is 4.02. The van der Waals surface area contributed by atoms with E-state index in [0.717, 1.165) is 6.26 Å². The van der Waals surface area contributed by atoms with Gasteiger partial charge in [-0.1, -0.05) is 75.4 Å². The SMILES string of the molecule is C=CC.C=CCOC(=O)CCCCC(=O)OCC=C.C=CCOC(=O)c1ccccc1C(=O)OCC=C.C=COC(C)=O. The Kier molecular flexibility index (Phi) is 31.2. The molecule has 236 valence electrons. The van der Waals surface area contributed by atoms with Crippen molar-refractivity contribution in [2.75, 3.05) is 26.4 Å². The van der Waals surface area contributed by atoms with Crippen LogP contribution in [0.1, 0.15) is 60.2 Å². The van der Waals surface area contributed by atoms with Gasteiger partial charge in [0.25, 0.3) is 0 Å². The topological polar surface area (TPSA) is 132 Å². The predicted molar refractivity (Wildman–Crippen MR) is 166 cm³/mol. The molecule has 0 saturated carbocycles. The van der Waals surface area contributed by atoms with Crippen molar-refractivity contribution < 1.29 is 47.7 Å². The summed E-state index contributed by atoms with van der Waals surface area (Å²) in [6, 6.07) is 6.31. The first-order valence-corrected chi connectivity index (χ1v) is 13.1. The van der Waals surface area contributed by atoms with Crippen LogP contribution in [0.2, 0.25) is 0 Å². The van der Waals surface area contributed by atoms with Crippen LogP contribution in [0, 0.1) is 0 Å². The second-order valence-electron chi connectivity index (χ2n) is 7.65. The van der Waals surface area contributed by atoms with E-state index in [1.54, 1.807) is 18.2 Å². The summed E-state index contributed by atoms with van der Waals surface area (Å²) in [7, 11) is 0. The highest BCUT2D eigenvalue weighted by Gasteiger charge is 2.18. The van der Waals surface area contributed by atoms with Crippen molar-refractivity contribution in [3.63, 3.8) is 0 Å². The van der Waals surface area contributed by atoms with Crippen LogP contribution in [0.15, 0.2) is 100 Å². The van der Waals surface area contributed by atoms with E-state index in [1.165, 1.54) is 43.4 Å². The highest BCUT2D eigenvalue weighted by molar-refractivity contribution is 6.03. The first-order valence-electron chi connectivity index (χ1n) is 13.1. The lowest BCUT2D eigenvalue weighted by Crippen LogP contribution is -2.14. The van der Waals surface area contributed by atoms with E-state index in [0.29, 0.717) is 25.7 Å². The van der Waals surface area contributed by atoms with E-state index in [9.17, 15) is 24.0 Å². The maximum atomic E-state index is 11.7. The summed E-state index contributed by atoms with van der Waals surface area (Å²) in [5.41, 5.74) is 0.349. The molecule has 0 bridgehead atoms. The fraction of sp³-hybridized carbons (Fsp3) is 0.303. The lowest BCUT2D eigenvalue weighted by atomic mass is 10.1. The zero-order chi connectivity index (χ0) is 33.3. The quantitative estimate of drug-likeness (QED) is 0.0704. The van der Waals surface area contributed by atoms with Crippen LogP contribution in [0.3, 0.4) is 0 Å². The molecule has 10 nitrogen and oxygen atoms in total. The number of unbranched alkanes of at least 4 members (excludes halogenated alkanes) is 1. The van der Waals surface area contributed by atoms with E-state index in [4.69, 9.17) is 18.9 Å². The number of hydrogen-bond acceptors (Lipinski definition) is 10. The summed E-state index contributed by atoms with van der Waals surface area (Å²) in [6.07, 6.45) is 10.7. The van der Waals surface area contributed by atoms with Gasteiger partial charge in [-0.25, -0.2) is 9.59 Å². The highest BCUT2D eigenvalue weighted by atomic mass is 16.5. The summed E-state index contributed by atoms with van der Waals surface area (Å²) in [6.45, 7) is 24.1. The van der Waals surface area contributed by atoms with Gasteiger partial charge in [0.1, 0.15) is 26.4 Å². The minimum absolute atomic E-state index is 0.0921. The molecule has 0 spiro atoms. The number of esters is 5. The summed E-state index contributed by atoms with van der Waals surface area (Å²) in [5, 5.41) is 0. The average molecular weight is 601 g/mol. The Hall–Kier alpha value is -4.99. The number of benzene rings is 1. The van der Waals surface area contributed by atoms with Gasteiger partial charge in [-0.3, -0.25) is 14.4 Å². The largest absolute Gasteiger partial charge is 0.461 e. The van der Waals surface area contributed by atoms with E-state index >= 15 is 0 Å². The maximum absolute atomic E-state index is 11.7. The Morgan fingerprint density at radius 1 is 0.628 bits per heavy atom. The molecule has 0 amide bonds. The minimum Gasteiger partial charge on any atom is -0.461 e. The normalized spacial score (nSPS) is 8.60. The molecule has 10 heteroatoms. The fourth-order valence-corrected chi connectivity index (χ4v) is 2.37. The molecule has 0 aliphatic rings. The number of ether oxygens (including phenoxy) is 5. The first kappa shape index (κ1) is 42.5. The van der Waals surface area contributed by atoms with Gasteiger partial charge in [0.15, 0.2) is 0 Å². The van der Waals surface area contributed by atoms with Crippen molar-refractivity contribution in [1.82, 2.24) is 0 Å². The number of hydrogen-bond donors (Lipinski definition) is 0. The van der Waals surface area contributed by atoms with Crippen molar-refractivity contribution in [3.05, 3.63) is 112 Å². The Bertz CT molecular complexity index is 971. The van der Waals surface area contributed by atoms with Gasteiger partial charge in [0.2, 0.25) is 0 Å². The molecule has 0 heterocycles. The molecule has 1 aromatic rings. The van der Waals surface area contributed by atoms with Crippen LogP contribution in [-0.2, 0) is 38.1 Å². The highest BCUT2D eigenvalue weighted by Crippen LogP contribution is 2.12. The summed E-state index contributed by atoms with van der Waals surface area (Å²) < 4.78 is 23.5. The van der Waals surface area contributed by atoms with Crippen LogP contribution >= 0.6 is 0 Å². The Morgan fingerprint density at radius 2 is 0.953 bits per heavy atom. The van der Waals surface area contributed by atoms with Crippen molar-refractivity contribution >= 4 is 29.8 Å². The van der Waals surface area contributed by atoms with Crippen molar-refractivity contribution in [3.8, 4) is 0 Å². The van der Waals surface area contributed by atoms with E-state index in [-0.39, 0.29) is 55.5 Å². The minimum atomic E-state index is -0.582. The second-order valence-corrected chi connectivity index (χ2v) is 7.65. The maximum Gasteiger partial charge on any atom is 0.339 e. The molecule has 0 saturated heterocycles. The van der Waals surface area contributed by atoms with Crippen LogP contribution in [0.4, 0.5) is 0 Å². The lowest BCUT2D eigenvalue weighted by molar-refractivity contribution is -0.144. The zero-order valence-electron chi connectivity index (χ0n) is 25.3. The Morgan fingerprint density at radius 3 is 1.21 bits per heavy atom. The smallest absolute Gasteiger partial charge is 0.339 e. The van der Waals surface area contributed by atoms with Gasteiger partial charge >= 0.3 is 29.8 Å². The molecular weight excluding hydrogens is 556 g/mol. The predicted octanol–water partition coefficient (Wildman–Crippen LogP) is 6.26. The van der Waals surface area contributed by atoms with Gasteiger partial charge in [0, 0.05) is 19.8 Å².